The van der Waals surface area contributed by atoms with Gasteiger partial charge in [0.25, 0.3) is 0 Å². The molecular weight excluding hydrogens is 174 g/mol. The van der Waals surface area contributed by atoms with E-state index in [1.807, 2.05) is 6.92 Å². The molecule has 1 aromatic heterocycles. The molecule has 0 aromatic carbocycles. The highest BCUT2D eigenvalue weighted by atomic mass is 15.2. The molecule has 0 amide bonds. The first-order chi connectivity index (χ1) is 6.74. The van der Waals surface area contributed by atoms with Crippen molar-refractivity contribution >= 4 is 5.82 Å². The predicted molar refractivity (Wildman–Crippen MR) is 58.4 cm³/mol. The topological polar surface area (TPSA) is 40.7 Å². The van der Waals surface area contributed by atoms with Crippen LogP contribution >= 0.6 is 0 Å². The lowest BCUT2D eigenvalue weighted by molar-refractivity contribution is 0.361. The molecule has 0 bridgehead atoms. The van der Waals surface area contributed by atoms with E-state index in [-0.39, 0.29) is 0 Å². The molecular formula is C11H19N3. The summed E-state index contributed by atoms with van der Waals surface area (Å²) >= 11 is 0. The van der Waals surface area contributed by atoms with Crippen molar-refractivity contribution in [3.63, 3.8) is 0 Å². The molecule has 2 rings (SSSR count). The van der Waals surface area contributed by atoms with Gasteiger partial charge in [0, 0.05) is 17.8 Å². The van der Waals surface area contributed by atoms with Crippen LogP contribution in [0.3, 0.4) is 0 Å². The largest absolute Gasteiger partial charge is 0.366 e. The Morgan fingerprint density at radius 3 is 2.64 bits per heavy atom. The first-order valence-corrected chi connectivity index (χ1v) is 5.52. The van der Waals surface area contributed by atoms with E-state index in [0.717, 1.165) is 17.4 Å². The Morgan fingerprint density at radius 1 is 1.36 bits per heavy atom. The highest BCUT2D eigenvalue weighted by molar-refractivity contribution is 5.36. The number of nitrogens with zero attached hydrogens (tertiary/aromatic N) is 1. The van der Waals surface area contributed by atoms with Crippen molar-refractivity contribution in [2.75, 3.05) is 5.32 Å². The van der Waals surface area contributed by atoms with Gasteiger partial charge in [0.15, 0.2) is 0 Å². The third-order valence-corrected chi connectivity index (χ3v) is 3.07. The average molecular weight is 193 g/mol. The van der Waals surface area contributed by atoms with Crippen molar-refractivity contribution in [3.8, 4) is 0 Å². The summed E-state index contributed by atoms with van der Waals surface area (Å²) in [5, 5.41) is 10.6. The van der Waals surface area contributed by atoms with E-state index in [4.69, 9.17) is 0 Å². The van der Waals surface area contributed by atoms with Gasteiger partial charge in [0.2, 0.25) is 0 Å². The third-order valence-electron chi connectivity index (χ3n) is 3.07. The summed E-state index contributed by atoms with van der Waals surface area (Å²) in [4.78, 5) is 0. The van der Waals surface area contributed by atoms with Gasteiger partial charge in [-0.15, -0.1) is 0 Å². The molecule has 3 heteroatoms. The maximum absolute atomic E-state index is 4.19. The fraction of sp³-hybridized carbons (Fsp3) is 0.727. The quantitative estimate of drug-likeness (QED) is 0.758. The summed E-state index contributed by atoms with van der Waals surface area (Å²) in [7, 11) is 0. The minimum absolute atomic E-state index is 0.633. The molecule has 0 spiro atoms. The van der Waals surface area contributed by atoms with Crippen molar-refractivity contribution in [1.29, 1.82) is 0 Å². The molecule has 2 N–H and O–H groups in total. The molecule has 1 saturated carbocycles. The van der Waals surface area contributed by atoms with Crippen LogP contribution in [0.2, 0.25) is 0 Å². The molecule has 1 fully saturated rings. The fourth-order valence-electron chi connectivity index (χ4n) is 2.11. The normalized spacial score (nSPS) is 27.6. The Bertz CT molecular complexity index is 284. The van der Waals surface area contributed by atoms with E-state index in [1.165, 1.54) is 25.7 Å². The fourth-order valence-corrected chi connectivity index (χ4v) is 2.11. The van der Waals surface area contributed by atoms with Crippen molar-refractivity contribution < 1.29 is 0 Å². The van der Waals surface area contributed by atoms with Gasteiger partial charge < -0.3 is 5.32 Å². The van der Waals surface area contributed by atoms with E-state index in [0.29, 0.717) is 6.04 Å². The zero-order chi connectivity index (χ0) is 9.97. The van der Waals surface area contributed by atoms with Gasteiger partial charge in [-0.05, 0) is 38.5 Å². The minimum Gasteiger partial charge on any atom is -0.366 e. The molecule has 14 heavy (non-hydrogen) atoms. The summed E-state index contributed by atoms with van der Waals surface area (Å²) in [6, 6.07) is 2.70. The molecule has 0 saturated heterocycles. The van der Waals surface area contributed by atoms with Gasteiger partial charge in [-0.3, -0.25) is 5.10 Å². The summed E-state index contributed by atoms with van der Waals surface area (Å²) < 4.78 is 0. The van der Waals surface area contributed by atoms with Crippen molar-refractivity contribution in [1.82, 2.24) is 10.2 Å². The molecule has 78 valence electrons. The van der Waals surface area contributed by atoms with Gasteiger partial charge in [-0.1, -0.05) is 6.92 Å². The Morgan fingerprint density at radius 2 is 2.07 bits per heavy atom. The second-order valence-electron chi connectivity index (χ2n) is 4.54. The second-order valence-corrected chi connectivity index (χ2v) is 4.54. The number of H-pyrrole nitrogens is 1. The summed E-state index contributed by atoms with van der Waals surface area (Å²) in [6.07, 6.45) is 5.27. The van der Waals surface area contributed by atoms with Gasteiger partial charge in [-0.25, -0.2) is 0 Å². The highest BCUT2D eigenvalue weighted by Gasteiger charge is 2.18. The van der Waals surface area contributed by atoms with Gasteiger partial charge >= 0.3 is 0 Å². The number of aromatic nitrogens is 2. The van der Waals surface area contributed by atoms with E-state index in [9.17, 15) is 0 Å². The zero-order valence-electron chi connectivity index (χ0n) is 9.01. The van der Waals surface area contributed by atoms with Crippen LogP contribution in [0.25, 0.3) is 0 Å². The number of rotatable bonds is 2. The lowest BCUT2D eigenvalue weighted by atomic mass is 9.87. The zero-order valence-corrected chi connectivity index (χ0v) is 9.01. The smallest absolute Gasteiger partial charge is 0.148 e. The molecule has 1 heterocycles. The summed E-state index contributed by atoms with van der Waals surface area (Å²) in [5.41, 5.74) is 1.12. The van der Waals surface area contributed by atoms with Crippen LogP contribution in [0, 0.1) is 12.8 Å². The van der Waals surface area contributed by atoms with E-state index in [1.54, 1.807) is 0 Å². The Hall–Kier alpha value is -0.990. The molecule has 1 aromatic rings. The summed E-state index contributed by atoms with van der Waals surface area (Å²) in [5.74, 6) is 1.91. The number of anilines is 1. The second kappa shape index (κ2) is 4.03. The van der Waals surface area contributed by atoms with Crippen LogP contribution in [-0.2, 0) is 0 Å². The maximum atomic E-state index is 4.19. The molecule has 0 atom stereocenters. The van der Waals surface area contributed by atoms with E-state index < -0.39 is 0 Å². The number of nitrogens with one attached hydrogen (secondary N) is 2. The SMILES string of the molecule is Cc1cc(NC2CCC(C)CC2)n[nH]1. The number of aryl methyl sites for hydroxylation is 1. The minimum atomic E-state index is 0.633. The van der Waals surface area contributed by atoms with Crippen LogP contribution in [0.1, 0.15) is 38.3 Å². The lowest BCUT2D eigenvalue weighted by Gasteiger charge is -2.26. The Balaban J connectivity index is 1.86. The average Bonchev–Trinajstić information content (AvgIpc) is 2.56. The molecule has 0 unspecified atom stereocenters. The van der Waals surface area contributed by atoms with Crippen molar-refractivity contribution in [2.45, 2.75) is 45.6 Å². The molecule has 0 aliphatic heterocycles. The summed E-state index contributed by atoms with van der Waals surface area (Å²) in [6.45, 7) is 4.37. The number of aromatic amines is 1. The molecule has 1 aliphatic carbocycles. The molecule has 3 nitrogen and oxygen atoms in total. The molecule has 0 radical (unpaired) electrons. The third kappa shape index (κ3) is 2.28. The first-order valence-electron chi connectivity index (χ1n) is 5.52. The van der Waals surface area contributed by atoms with Crippen molar-refractivity contribution in [2.24, 2.45) is 5.92 Å². The number of hydrogen-bond donors (Lipinski definition) is 2. The van der Waals surface area contributed by atoms with E-state index >= 15 is 0 Å². The first kappa shape index (κ1) is 9.56. The Kier molecular flexibility index (Phi) is 2.75. The lowest BCUT2D eigenvalue weighted by Crippen LogP contribution is -2.25. The van der Waals surface area contributed by atoms with Crippen LogP contribution < -0.4 is 5.32 Å². The Labute approximate surface area is 85.3 Å². The number of hydrogen-bond acceptors (Lipinski definition) is 2. The van der Waals surface area contributed by atoms with Gasteiger partial charge in [0.1, 0.15) is 5.82 Å². The van der Waals surface area contributed by atoms with Crippen LogP contribution in [0.15, 0.2) is 6.07 Å². The van der Waals surface area contributed by atoms with Gasteiger partial charge in [0.05, 0.1) is 0 Å². The monoisotopic (exact) mass is 193 g/mol. The van der Waals surface area contributed by atoms with Crippen molar-refractivity contribution in [3.05, 3.63) is 11.8 Å². The predicted octanol–water partition coefficient (Wildman–Crippen LogP) is 2.71. The van der Waals surface area contributed by atoms with Crippen LogP contribution in [0.4, 0.5) is 5.82 Å². The van der Waals surface area contributed by atoms with E-state index in [2.05, 4.69) is 28.5 Å². The van der Waals surface area contributed by atoms with Crippen LogP contribution in [0.5, 0.6) is 0 Å². The maximum Gasteiger partial charge on any atom is 0.148 e. The van der Waals surface area contributed by atoms with Gasteiger partial charge in [-0.2, -0.15) is 5.10 Å². The highest BCUT2D eigenvalue weighted by Crippen LogP contribution is 2.25. The standard InChI is InChI=1S/C11H19N3/c1-8-3-5-10(6-4-8)12-11-7-9(2)13-14-11/h7-8,10H,3-6H2,1-2H3,(H2,12,13,14). The molecule has 1 aliphatic rings. The van der Waals surface area contributed by atoms with Crippen LogP contribution in [-0.4, -0.2) is 16.2 Å².